The van der Waals surface area contributed by atoms with Crippen LogP contribution in [-0.4, -0.2) is 30.6 Å². The molecule has 1 aromatic rings. The van der Waals surface area contributed by atoms with Gasteiger partial charge in [-0.1, -0.05) is 13.8 Å². The summed E-state index contributed by atoms with van der Waals surface area (Å²) in [5, 5.41) is 3.62. The van der Waals surface area contributed by atoms with Gasteiger partial charge in [-0.3, -0.25) is 4.90 Å². The monoisotopic (exact) mass is 330 g/mol. The number of hydrogen-bond acceptors (Lipinski definition) is 3. The third-order valence-corrected chi connectivity index (χ3v) is 5.28. The summed E-state index contributed by atoms with van der Waals surface area (Å²) < 4.78 is 1.22. The molecule has 0 bridgehead atoms. The Morgan fingerprint density at radius 3 is 2.61 bits per heavy atom. The van der Waals surface area contributed by atoms with E-state index in [1.807, 2.05) is 11.3 Å². The summed E-state index contributed by atoms with van der Waals surface area (Å²) in [7, 11) is 0. The molecule has 0 aromatic carbocycles. The molecule has 1 aliphatic rings. The summed E-state index contributed by atoms with van der Waals surface area (Å²) in [6, 6.07) is 5.01. The first-order chi connectivity index (χ1) is 8.66. The van der Waals surface area contributed by atoms with E-state index in [-0.39, 0.29) is 0 Å². The summed E-state index contributed by atoms with van der Waals surface area (Å²) >= 11 is 5.33. The van der Waals surface area contributed by atoms with Gasteiger partial charge in [0.25, 0.3) is 0 Å². The van der Waals surface area contributed by atoms with Gasteiger partial charge >= 0.3 is 0 Å². The molecule has 0 radical (unpaired) electrons. The molecule has 1 saturated heterocycles. The van der Waals surface area contributed by atoms with E-state index < -0.39 is 0 Å². The topological polar surface area (TPSA) is 15.3 Å². The summed E-state index contributed by atoms with van der Waals surface area (Å²) in [5.41, 5.74) is 0. The van der Waals surface area contributed by atoms with Crippen molar-refractivity contribution in [3.8, 4) is 0 Å². The summed E-state index contributed by atoms with van der Waals surface area (Å²) in [5.74, 6) is 0.727. The molecule has 0 aliphatic carbocycles. The Hall–Kier alpha value is 0.1000. The quantitative estimate of drug-likeness (QED) is 0.855. The fourth-order valence-electron chi connectivity index (χ4n) is 2.65. The highest BCUT2D eigenvalue weighted by Crippen LogP contribution is 2.22. The first-order valence-corrected chi connectivity index (χ1v) is 8.47. The summed E-state index contributed by atoms with van der Waals surface area (Å²) in [6.07, 6.45) is 2.75. The van der Waals surface area contributed by atoms with Crippen LogP contribution in [0, 0.1) is 5.92 Å². The standard InChI is InChI=1S/C14H23BrN2S/c1-11(2)13(17-7-3-4-8-17)10-16-9-12-5-6-14(15)18-12/h5-6,11,13,16H,3-4,7-10H2,1-2H3. The molecule has 4 heteroatoms. The van der Waals surface area contributed by atoms with E-state index in [2.05, 4.69) is 52.1 Å². The van der Waals surface area contributed by atoms with Gasteiger partial charge in [0.2, 0.25) is 0 Å². The second-order valence-electron chi connectivity index (χ2n) is 5.39. The van der Waals surface area contributed by atoms with Crippen molar-refractivity contribution in [2.45, 2.75) is 39.3 Å². The summed E-state index contributed by atoms with van der Waals surface area (Å²) in [4.78, 5) is 4.06. The van der Waals surface area contributed by atoms with Crippen LogP contribution in [-0.2, 0) is 6.54 Å². The maximum absolute atomic E-state index is 3.62. The second kappa shape index (κ2) is 7.04. The lowest BCUT2D eigenvalue weighted by atomic mass is 10.0. The van der Waals surface area contributed by atoms with Crippen molar-refractivity contribution < 1.29 is 0 Å². The van der Waals surface area contributed by atoms with Crippen molar-refractivity contribution in [1.29, 1.82) is 0 Å². The van der Waals surface area contributed by atoms with Crippen molar-refractivity contribution >= 4 is 27.3 Å². The third kappa shape index (κ3) is 4.05. The molecular formula is C14H23BrN2S. The van der Waals surface area contributed by atoms with Crippen LogP contribution in [0.5, 0.6) is 0 Å². The second-order valence-corrected chi connectivity index (χ2v) is 7.94. The Kier molecular flexibility index (Phi) is 5.67. The Balaban J connectivity index is 1.78. The fourth-order valence-corrected chi connectivity index (χ4v) is 4.10. The van der Waals surface area contributed by atoms with E-state index in [1.165, 1.54) is 34.6 Å². The number of nitrogens with zero attached hydrogens (tertiary/aromatic N) is 1. The fraction of sp³-hybridized carbons (Fsp3) is 0.714. The lowest BCUT2D eigenvalue weighted by Crippen LogP contribution is -2.43. The highest BCUT2D eigenvalue weighted by atomic mass is 79.9. The molecule has 0 saturated carbocycles. The van der Waals surface area contributed by atoms with Gasteiger partial charge in [-0.05, 0) is 59.9 Å². The van der Waals surface area contributed by atoms with Crippen LogP contribution in [0.3, 0.4) is 0 Å². The van der Waals surface area contributed by atoms with Crippen LogP contribution in [0.4, 0.5) is 0 Å². The number of halogens is 1. The molecular weight excluding hydrogens is 308 g/mol. The van der Waals surface area contributed by atoms with Crippen LogP contribution in [0.15, 0.2) is 15.9 Å². The van der Waals surface area contributed by atoms with Crippen LogP contribution in [0.1, 0.15) is 31.6 Å². The van der Waals surface area contributed by atoms with Crippen molar-refractivity contribution in [2.75, 3.05) is 19.6 Å². The SMILES string of the molecule is CC(C)C(CNCc1ccc(Br)s1)N1CCCC1. The normalized spacial score (nSPS) is 18.7. The van der Waals surface area contributed by atoms with Crippen molar-refractivity contribution in [2.24, 2.45) is 5.92 Å². The molecule has 1 atom stereocenters. The predicted octanol–water partition coefficient (Wildman–Crippen LogP) is 3.72. The van der Waals surface area contributed by atoms with E-state index in [1.54, 1.807) is 0 Å². The zero-order chi connectivity index (χ0) is 13.0. The van der Waals surface area contributed by atoms with Gasteiger partial charge < -0.3 is 5.32 Å². The van der Waals surface area contributed by atoms with Gasteiger partial charge in [0.15, 0.2) is 0 Å². The minimum atomic E-state index is 0.691. The molecule has 1 N–H and O–H groups in total. The molecule has 18 heavy (non-hydrogen) atoms. The molecule has 0 amide bonds. The zero-order valence-electron chi connectivity index (χ0n) is 11.3. The van der Waals surface area contributed by atoms with Crippen LogP contribution >= 0.6 is 27.3 Å². The third-order valence-electron chi connectivity index (χ3n) is 3.66. The van der Waals surface area contributed by atoms with Gasteiger partial charge in [0.1, 0.15) is 0 Å². The van der Waals surface area contributed by atoms with Crippen LogP contribution < -0.4 is 5.32 Å². The Morgan fingerprint density at radius 2 is 2.06 bits per heavy atom. The smallest absolute Gasteiger partial charge is 0.0701 e. The Morgan fingerprint density at radius 1 is 1.33 bits per heavy atom. The number of hydrogen-bond donors (Lipinski definition) is 1. The lowest BCUT2D eigenvalue weighted by Gasteiger charge is -2.31. The minimum absolute atomic E-state index is 0.691. The van der Waals surface area contributed by atoms with Gasteiger partial charge in [-0.15, -0.1) is 11.3 Å². The zero-order valence-corrected chi connectivity index (χ0v) is 13.7. The minimum Gasteiger partial charge on any atom is -0.310 e. The molecule has 102 valence electrons. The molecule has 2 rings (SSSR count). The van der Waals surface area contributed by atoms with E-state index in [9.17, 15) is 0 Å². The van der Waals surface area contributed by atoms with Crippen molar-refractivity contribution in [1.82, 2.24) is 10.2 Å². The van der Waals surface area contributed by atoms with Gasteiger partial charge in [0, 0.05) is 24.0 Å². The molecule has 1 aliphatic heterocycles. The predicted molar refractivity (Wildman–Crippen MR) is 83.2 cm³/mol. The number of thiophene rings is 1. The average Bonchev–Trinajstić information content (AvgIpc) is 2.95. The molecule has 2 heterocycles. The van der Waals surface area contributed by atoms with Crippen molar-refractivity contribution in [3.05, 3.63) is 20.8 Å². The number of likely N-dealkylation sites (tertiary alicyclic amines) is 1. The molecule has 1 unspecified atom stereocenters. The number of rotatable bonds is 6. The summed E-state index contributed by atoms with van der Waals surface area (Å²) in [6.45, 7) is 9.35. The first kappa shape index (κ1) is 14.5. The van der Waals surface area contributed by atoms with Crippen molar-refractivity contribution in [3.63, 3.8) is 0 Å². The average molecular weight is 331 g/mol. The number of nitrogens with one attached hydrogen (secondary N) is 1. The van der Waals surface area contributed by atoms with E-state index in [0.717, 1.165) is 19.0 Å². The molecule has 1 aromatic heterocycles. The lowest BCUT2D eigenvalue weighted by molar-refractivity contribution is 0.186. The van der Waals surface area contributed by atoms with Crippen LogP contribution in [0.2, 0.25) is 0 Å². The van der Waals surface area contributed by atoms with E-state index in [4.69, 9.17) is 0 Å². The van der Waals surface area contributed by atoms with Crippen LogP contribution in [0.25, 0.3) is 0 Å². The Bertz CT molecular complexity index is 358. The van der Waals surface area contributed by atoms with Gasteiger partial charge in [-0.2, -0.15) is 0 Å². The molecule has 1 fully saturated rings. The largest absolute Gasteiger partial charge is 0.310 e. The highest BCUT2D eigenvalue weighted by molar-refractivity contribution is 9.11. The molecule has 0 spiro atoms. The Labute approximate surface area is 123 Å². The molecule has 2 nitrogen and oxygen atoms in total. The van der Waals surface area contributed by atoms with Gasteiger partial charge in [-0.25, -0.2) is 0 Å². The maximum atomic E-state index is 3.62. The van der Waals surface area contributed by atoms with E-state index in [0.29, 0.717) is 6.04 Å². The highest BCUT2D eigenvalue weighted by Gasteiger charge is 2.23. The first-order valence-electron chi connectivity index (χ1n) is 6.86. The van der Waals surface area contributed by atoms with E-state index >= 15 is 0 Å². The maximum Gasteiger partial charge on any atom is 0.0701 e. The van der Waals surface area contributed by atoms with Gasteiger partial charge in [0.05, 0.1) is 3.79 Å².